The van der Waals surface area contributed by atoms with E-state index < -0.39 is 29.8 Å². The molecule has 4 amide bonds. The maximum absolute atomic E-state index is 13.6. The summed E-state index contributed by atoms with van der Waals surface area (Å²) in [5.74, 6) is -1.10. The van der Waals surface area contributed by atoms with Crippen molar-refractivity contribution in [1.29, 1.82) is 0 Å². The van der Waals surface area contributed by atoms with Gasteiger partial charge in [0.05, 0.1) is 25.4 Å². The summed E-state index contributed by atoms with van der Waals surface area (Å²) >= 11 is 0. The number of benzene rings is 1. The number of H-pyrrole nitrogens is 1. The molecule has 3 aliphatic rings. The molecule has 2 aromatic rings. The van der Waals surface area contributed by atoms with Crippen LogP contribution >= 0.6 is 0 Å². The first-order valence-electron chi connectivity index (χ1n) is 14.1. The highest BCUT2D eigenvalue weighted by Crippen LogP contribution is 2.22. The first-order valence-corrected chi connectivity index (χ1v) is 14.1. The van der Waals surface area contributed by atoms with Crippen molar-refractivity contribution < 1.29 is 28.7 Å². The molecule has 4 N–H and O–H groups in total. The van der Waals surface area contributed by atoms with Crippen molar-refractivity contribution in [2.75, 3.05) is 33.4 Å². The molecule has 1 aromatic heterocycles. The quantitative estimate of drug-likeness (QED) is 0.341. The summed E-state index contributed by atoms with van der Waals surface area (Å²) in [6.07, 6.45) is 3.54. The molecule has 12 nitrogen and oxygen atoms in total. The van der Waals surface area contributed by atoms with Crippen LogP contribution in [0.4, 0.5) is 0 Å². The average Bonchev–Trinajstić information content (AvgIpc) is 3.56. The Hall–Kier alpha value is -3.93. The van der Waals surface area contributed by atoms with Crippen LogP contribution in [0.25, 0.3) is 0 Å². The first-order chi connectivity index (χ1) is 19.7. The third-order valence-corrected chi connectivity index (χ3v) is 7.26. The first kappa shape index (κ1) is 30.0. The number of amides is 4. The van der Waals surface area contributed by atoms with Gasteiger partial charge < -0.3 is 30.3 Å². The smallest absolute Gasteiger partial charge is 0.258 e. The number of rotatable bonds is 8. The number of aromatic nitrogens is 2. The zero-order chi connectivity index (χ0) is 29.4. The van der Waals surface area contributed by atoms with Crippen LogP contribution in [0, 0.1) is 5.92 Å². The van der Waals surface area contributed by atoms with E-state index in [0.29, 0.717) is 12.2 Å². The molecule has 0 saturated heterocycles. The highest BCUT2D eigenvalue weighted by molar-refractivity contribution is 5.93. The van der Waals surface area contributed by atoms with Crippen molar-refractivity contribution in [3.8, 4) is 5.75 Å². The van der Waals surface area contributed by atoms with E-state index in [1.165, 1.54) is 12.0 Å². The van der Waals surface area contributed by atoms with Crippen molar-refractivity contribution in [1.82, 2.24) is 31.0 Å². The summed E-state index contributed by atoms with van der Waals surface area (Å²) < 4.78 is 10.8. The number of carbonyl (C=O) groups is 4. The maximum Gasteiger partial charge on any atom is 0.258 e. The van der Waals surface area contributed by atoms with E-state index >= 15 is 0 Å². The predicted octanol–water partition coefficient (Wildman–Crippen LogP) is 0.640. The molecular weight excluding hydrogens is 528 g/mol. The predicted molar refractivity (Wildman–Crippen MR) is 150 cm³/mol. The molecule has 222 valence electrons. The highest BCUT2D eigenvalue weighted by atomic mass is 16.5. The Kier molecular flexibility index (Phi) is 10.3. The number of nitrogens with zero attached hydrogens (tertiary/aromatic N) is 2. The van der Waals surface area contributed by atoms with E-state index in [1.54, 1.807) is 24.3 Å². The van der Waals surface area contributed by atoms with Gasteiger partial charge in [0.15, 0.2) is 6.61 Å². The van der Waals surface area contributed by atoms with Crippen molar-refractivity contribution in [2.45, 2.75) is 64.6 Å². The van der Waals surface area contributed by atoms with E-state index in [0.717, 1.165) is 41.8 Å². The Morgan fingerprint density at radius 1 is 1.15 bits per heavy atom. The number of methoxy groups -OCH3 is 1. The van der Waals surface area contributed by atoms with E-state index in [1.807, 2.05) is 13.8 Å². The third-order valence-electron chi connectivity index (χ3n) is 7.26. The molecule has 3 heterocycles. The Balaban J connectivity index is 1.56. The monoisotopic (exact) mass is 568 g/mol. The minimum Gasteiger partial charge on any atom is -0.484 e. The normalized spacial score (nSPS) is 20.0. The van der Waals surface area contributed by atoms with Gasteiger partial charge in [-0.2, -0.15) is 5.10 Å². The maximum atomic E-state index is 13.6. The number of nitrogens with one attached hydrogen (secondary N) is 4. The van der Waals surface area contributed by atoms with Gasteiger partial charge in [-0.05, 0) is 54.9 Å². The second-order valence-electron chi connectivity index (χ2n) is 11.0. The Bertz CT molecular complexity index is 1230. The van der Waals surface area contributed by atoms with Crippen LogP contribution in [-0.4, -0.2) is 84.2 Å². The van der Waals surface area contributed by atoms with Crippen LogP contribution in [0.2, 0.25) is 0 Å². The molecular formula is C29H40N6O6. The van der Waals surface area contributed by atoms with Gasteiger partial charge in [0, 0.05) is 25.8 Å². The fraction of sp³-hybridized carbons (Fsp3) is 0.552. The number of ether oxygens (including phenoxy) is 2. The van der Waals surface area contributed by atoms with E-state index in [9.17, 15) is 19.2 Å². The van der Waals surface area contributed by atoms with Gasteiger partial charge in [-0.1, -0.05) is 26.0 Å². The number of aromatic amines is 1. The topological polar surface area (TPSA) is 155 Å². The van der Waals surface area contributed by atoms with E-state index in [4.69, 9.17) is 9.47 Å². The molecule has 2 aliphatic heterocycles. The number of carbonyl (C=O) groups excluding carboxylic acids is 4. The second-order valence-corrected chi connectivity index (χ2v) is 11.0. The molecule has 0 fully saturated rings. The van der Waals surface area contributed by atoms with Crippen LogP contribution in [0.3, 0.4) is 0 Å². The second kappa shape index (κ2) is 14.1. The molecule has 0 unspecified atom stereocenters. The molecule has 0 radical (unpaired) electrons. The summed E-state index contributed by atoms with van der Waals surface area (Å²) in [6.45, 7) is 3.94. The standard InChI is InChI=1S/C29H40N6O6/c1-18(2)13-24-29(39)35(11-12-40-3)16-26(36)31-23(14-19-7-9-20(10-8-19)41-17-27(37)32-24)28(38)30-15-25-21-5-4-6-22(21)33-34-25/h7-10,18,23-24H,4-6,11-17H2,1-3H3,(H,30,38)(H,31,36)(H,32,37)(H,33,34)/t23-,24-/m0/s1. The molecule has 2 atom stereocenters. The number of hydrogen-bond acceptors (Lipinski definition) is 7. The minimum atomic E-state index is -0.889. The minimum absolute atomic E-state index is 0.102. The summed E-state index contributed by atoms with van der Waals surface area (Å²) in [4.78, 5) is 54.3. The highest BCUT2D eigenvalue weighted by Gasteiger charge is 2.30. The molecule has 1 aromatic carbocycles. The van der Waals surface area contributed by atoms with Crippen molar-refractivity contribution >= 4 is 23.6 Å². The summed E-state index contributed by atoms with van der Waals surface area (Å²) in [6, 6.07) is 5.27. The number of fused-ring (bicyclic) bond motifs is 14. The van der Waals surface area contributed by atoms with Crippen LogP contribution in [0.15, 0.2) is 24.3 Å². The van der Waals surface area contributed by atoms with Crippen molar-refractivity contribution in [2.24, 2.45) is 5.92 Å². The SMILES string of the molecule is COCCN1CC(=O)N[C@H](C(=O)NCc2n[nH]c3c2CCC3)Cc2ccc(cc2)OCC(=O)N[C@@H](CC(C)C)C1=O. The van der Waals surface area contributed by atoms with Gasteiger partial charge in [-0.15, -0.1) is 0 Å². The summed E-state index contributed by atoms with van der Waals surface area (Å²) in [5, 5.41) is 15.9. The average molecular weight is 569 g/mol. The largest absolute Gasteiger partial charge is 0.484 e. The molecule has 0 saturated carbocycles. The van der Waals surface area contributed by atoms with E-state index in [-0.39, 0.29) is 51.1 Å². The summed E-state index contributed by atoms with van der Waals surface area (Å²) in [5.41, 5.74) is 3.86. The van der Waals surface area contributed by atoms with Gasteiger partial charge >= 0.3 is 0 Å². The molecule has 5 rings (SSSR count). The molecule has 0 spiro atoms. The molecule has 2 bridgehead atoms. The van der Waals surface area contributed by atoms with Gasteiger partial charge in [0.25, 0.3) is 5.91 Å². The van der Waals surface area contributed by atoms with Crippen LogP contribution in [0.5, 0.6) is 5.75 Å². The third kappa shape index (κ3) is 8.29. The van der Waals surface area contributed by atoms with E-state index in [2.05, 4.69) is 26.1 Å². The zero-order valence-corrected chi connectivity index (χ0v) is 24.0. The Morgan fingerprint density at radius 3 is 2.66 bits per heavy atom. The molecule has 12 heteroatoms. The lowest BCUT2D eigenvalue weighted by molar-refractivity contribution is -0.141. The van der Waals surface area contributed by atoms with Crippen LogP contribution in [-0.2, 0) is 49.7 Å². The number of hydrogen-bond donors (Lipinski definition) is 4. The van der Waals surface area contributed by atoms with Gasteiger partial charge in [-0.25, -0.2) is 0 Å². The lowest BCUT2D eigenvalue weighted by atomic mass is 10.0. The Morgan fingerprint density at radius 2 is 1.93 bits per heavy atom. The van der Waals surface area contributed by atoms with Gasteiger partial charge in [0.1, 0.15) is 17.8 Å². The van der Waals surface area contributed by atoms with Crippen LogP contribution < -0.4 is 20.7 Å². The summed E-state index contributed by atoms with van der Waals surface area (Å²) in [7, 11) is 1.51. The van der Waals surface area contributed by atoms with Gasteiger partial charge in [0.2, 0.25) is 17.7 Å². The Labute approximate surface area is 239 Å². The van der Waals surface area contributed by atoms with Gasteiger partial charge in [-0.3, -0.25) is 24.3 Å². The fourth-order valence-electron chi connectivity index (χ4n) is 5.18. The van der Waals surface area contributed by atoms with Crippen molar-refractivity contribution in [3.63, 3.8) is 0 Å². The van der Waals surface area contributed by atoms with Crippen LogP contribution in [0.1, 0.15) is 49.2 Å². The molecule has 41 heavy (non-hydrogen) atoms. The van der Waals surface area contributed by atoms with Crippen molar-refractivity contribution in [3.05, 3.63) is 46.8 Å². The fourth-order valence-corrected chi connectivity index (χ4v) is 5.18. The zero-order valence-electron chi connectivity index (χ0n) is 24.0. The number of aryl methyl sites for hydroxylation is 1. The molecule has 1 aliphatic carbocycles. The lowest BCUT2D eigenvalue weighted by Gasteiger charge is -2.29. The lowest BCUT2D eigenvalue weighted by Crippen LogP contribution is -2.55.